The SMILES string of the molecule is CCCCOc1ccc(C2/C(=C(\O)c3cc(C)ccc3C)C(=O)C(=O)N2Cc2ccncc2)cc1OC. The molecule has 0 spiro atoms. The van der Waals surface area contributed by atoms with Gasteiger partial charge in [-0.2, -0.15) is 0 Å². The first-order valence-corrected chi connectivity index (χ1v) is 12.4. The van der Waals surface area contributed by atoms with Gasteiger partial charge in [-0.15, -0.1) is 0 Å². The molecule has 37 heavy (non-hydrogen) atoms. The number of hydrogen-bond donors (Lipinski definition) is 1. The summed E-state index contributed by atoms with van der Waals surface area (Å²) in [7, 11) is 1.55. The van der Waals surface area contributed by atoms with Gasteiger partial charge in [-0.3, -0.25) is 14.6 Å². The van der Waals surface area contributed by atoms with E-state index in [1.807, 2.05) is 38.1 Å². The summed E-state index contributed by atoms with van der Waals surface area (Å²) in [6.45, 7) is 6.60. The molecule has 1 aliphatic heterocycles. The van der Waals surface area contributed by atoms with Crippen molar-refractivity contribution in [3.05, 3.63) is 94.3 Å². The zero-order valence-electron chi connectivity index (χ0n) is 21.7. The highest BCUT2D eigenvalue weighted by molar-refractivity contribution is 6.46. The maximum absolute atomic E-state index is 13.4. The number of aliphatic hydroxyl groups is 1. The highest BCUT2D eigenvalue weighted by Gasteiger charge is 2.46. The van der Waals surface area contributed by atoms with Crippen LogP contribution < -0.4 is 9.47 Å². The Morgan fingerprint density at radius 1 is 1.03 bits per heavy atom. The number of nitrogens with zero attached hydrogens (tertiary/aromatic N) is 2. The number of aliphatic hydroxyl groups excluding tert-OH is 1. The molecule has 7 heteroatoms. The van der Waals surface area contributed by atoms with Crippen molar-refractivity contribution < 1.29 is 24.2 Å². The molecule has 1 fully saturated rings. The van der Waals surface area contributed by atoms with Crippen LogP contribution in [0, 0.1) is 13.8 Å². The average Bonchev–Trinajstić information content (AvgIpc) is 3.15. The fourth-order valence-electron chi connectivity index (χ4n) is 4.51. The molecule has 1 unspecified atom stereocenters. The van der Waals surface area contributed by atoms with E-state index in [4.69, 9.17) is 9.47 Å². The van der Waals surface area contributed by atoms with Crippen LogP contribution in [0.5, 0.6) is 11.5 Å². The minimum absolute atomic E-state index is 0.0504. The van der Waals surface area contributed by atoms with E-state index >= 15 is 0 Å². The lowest BCUT2D eigenvalue weighted by molar-refractivity contribution is -0.140. The molecule has 1 saturated heterocycles. The number of aromatic nitrogens is 1. The zero-order chi connectivity index (χ0) is 26.5. The molecule has 0 bridgehead atoms. The summed E-state index contributed by atoms with van der Waals surface area (Å²) in [6.07, 6.45) is 5.19. The lowest BCUT2D eigenvalue weighted by Crippen LogP contribution is -2.29. The maximum atomic E-state index is 13.4. The maximum Gasteiger partial charge on any atom is 0.295 e. The van der Waals surface area contributed by atoms with E-state index in [0.717, 1.165) is 29.5 Å². The van der Waals surface area contributed by atoms with Crippen molar-refractivity contribution in [1.82, 2.24) is 9.88 Å². The van der Waals surface area contributed by atoms with Crippen LogP contribution >= 0.6 is 0 Å². The molecule has 192 valence electrons. The third-order valence-corrected chi connectivity index (χ3v) is 6.55. The van der Waals surface area contributed by atoms with Crippen LogP contribution in [0.25, 0.3) is 5.76 Å². The van der Waals surface area contributed by atoms with E-state index in [1.54, 1.807) is 43.8 Å². The normalized spacial score (nSPS) is 16.8. The Bertz CT molecular complexity index is 1330. The van der Waals surface area contributed by atoms with Crippen LogP contribution in [-0.4, -0.2) is 40.4 Å². The first-order chi connectivity index (χ1) is 17.8. The van der Waals surface area contributed by atoms with E-state index < -0.39 is 17.7 Å². The van der Waals surface area contributed by atoms with Crippen molar-refractivity contribution in [3.63, 3.8) is 0 Å². The van der Waals surface area contributed by atoms with Crippen LogP contribution in [-0.2, 0) is 16.1 Å². The minimum Gasteiger partial charge on any atom is -0.507 e. The molecule has 1 aromatic heterocycles. The molecule has 3 aromatic rings. The second-order valence-corrected chi connectivity index (χ2v) is 9.21. The van der Waals surface area contributed by atoms with Crippen molar-refractivity contribution in [3.8, 4) is 11.5 Å². The summed E-state index contributed by atoms with van der Waals surface area (Å²) in [6, 6.07) is 13.8. The van der Waals surface area contributed by atoms with Gasteiger partial charge in [-0.05, 0) is 67.3 Å². The Morgan fingerprint density at radius 2 is 1.78 bits per heavy atom. The van der Waals surface area contributed by atoms with E-state index in [-0.39, 0.29) is 17.9 Å². The van der Waals surface area contributed by atoms with Crippen molar-refractivity contribution in [2.45, 2.75) is 46.2 Å². The molecule has 0 radical (unpaired) electrons. The number of likely N-dealkylation sites (tertiary alicyclic amines) is 1. The molecular weight excluding hydrogens is 468 g/mol. The third-order valence-electron chi connectivity index (χ3n) is 6.55. The van der Waals surface area contributed by atoms with Crippen LogP contribution in [0.3, 0.4) is 0 Å². The number of methoxy groups -OCH3 is 1. The standard InChI is InChI=1S/C30H32N2O5/c1-5-6-15-37-24-10-9-22(17-25(24)36-4)27-26(28(33)23-16-19(2)7-8-20(23)3)29(34)30(35)32(27)18-21-11-13-31-14-12-21/h7-14,16-17,27,33H,5-6,15,18H2,1-4H3/b28-26+. The smallest absolute Gasteiger partial charge is 0.295 e. The summed E-state index contributed by atoms with van der Waals surface area (Å²) < 4.78 is 11.5. The lowest BCUT2D eigenvalue weighted by atomic mass is 9.93. The monoisotopic (exact) mass is 500 g/mol. The fourth-order valence-corrected chi connectivity index (χ4v) is 4.51. The highest BCUT2D eigenvalue weighted by Crippen LogP contribution is 2.43. The van der Waals surface area contributed by atoms with Gasteiger partial charge in [0.05, 0.1) is 25.3 Å². The molecule has 7 nitrogen and oxygen atoms in total. The van der Waals surface area contributed by atoms with Gasteiger partial charge in [-0.25, -0.2) is 0 Å². The predicted octanol–water partition coefficient (Wildman–Crippen LogP) is 5.51. The van der Waals surface area contributed by atoms with Gasteiger partial charge >= 0.3 is 0 Å². The molecule has 1 aliphatic rings. The fraction of sp³-hybridized carbons (Fsp3) is 0.300. The van der Waals surface area contributed by atoms with Crippen LogP contribution in [0.1, 0.15) is 53.6 Å². The summed E-state index contributed by atoms with van der Waals surface area (Å²) >= 11 is 0. The van der Waals surface area contributed by atoms with Crippen molar-refractivity contribution in [2.24, 2.45) is 0 Å². The zero-order valence-corrected chi connectivity index (χ0v) is 21.7. The Labute approximate surface area is 217 Å². The van der Waals surface area contributed by atoms with Gasteiger partial charge in [0.15, 0.2) is 11.5 Å². The van der Waals surface area contributed by atoms with Gasteiger partial charge in [0, 0.05) is 24.5 Å². The summed E-state index contributed by atoms with van der Waals surface area (Å²) in [4.78, 5) is 32.3. The molecule has 0 saturated carbocycles. The van der Waals surface area contributed by atoms with E-state index in [1.165, 1.54) is 4.90 Å². The predicted molar refractivity (Wildman–Crippen MR) is 141 cm³/mol. The number of aryl methyl sites for hydroxylation is 2. The molecule has 2 aromatic carbocycles. The summed E-state index contributed by atoms with van der Waals surface area (Å²) in [5.74, 6) is -0.505. The number of unbranched alkanes of at least 4 members (excludes halogenated alkanes) is 1. The molecular formula is C30H32N2O5. The number of ketones is 1. The second kappa shape index (κ2) is 11.3. The minimum atomic E-state index is -0.813. The van der Waals surface area contributed by atoms with Crippen molar-refractivity contribution >= 4 is 17.4 Å². The number of amides is 1. The van der Waals surface area contributed by atoms with E-state index in [0.29, 0.717) is 29.2 Å². The number of benzene rings is 2. The van der Waals surface area contributed by atoms with Gasteiger partial charge in [0.1, 0.15) is 5.76 Å². The first kappa shape index (κ1) is 25.9. The average molecular weight is 501 g/mol. The Kier molecular flexibility index (Phi) is 7.92. The number of carbonyl (C=O) groups excluding carboxylic acids is 2. The molecule has 2 heterocycles. The van der Waals surface area contributed by atoms with Crippen LogP contribution in [0.15, 0.2) is 66.5 Å². The quantitative estimate of drug-likeness (QED) is 0.180. The van der Waals surface area contributed by atoms with Crippen molar-refractivity contribution in [2.75, 3.05) is 13.7 Å². The van der Waals surface area contributed by atoms with Crippen molar-refractivity contribution in [1.29, 1.82) is 0 Å². The summed E-state index contributed by atoms with van der Waals surface area (Å²) in [5, 5.41) is 11.5. The van der Waals surface area contributed by atoms with E-state index in [2.05, 4.69) is 11.9 Å². The molecule has 1 atom stereocenters. The van der Waals surface area contributed by atoms with Gasteiger partial charge in [0.2, 0.25) is 0 Å². The van der Waals surface area contributed by atoms with Gasteiger partial charge in [-0.1, -0.05) is 37.1 Å². The number of hydrogen-bond acceptors (Lipinski definition) is 6. The third kappa shape index (κ3) is 5.35. The first-order valence-electron chi connectivity index (χ1n) is 12.4. The molecule has 4 rings (SSSR count). The lowest BCUT2D eigenvalue weighted by Gasteiger charge is -2.26. The second-order valence-electron chi connectivity index (χ2n) is 9.21. The van der Waals surface area contributed by atoms with Gasteiger partial charge < -0.3 is 19.5 Å². The van der Waals surface area contributed by atoms with Crippen LogP contribution in [0.4, 0.5) is 0 Å². The van der Waals surface area contributed by atoms with Crippen LogP contribution in [0.2, 0.25) is 0 Å². The number of ether oxygens (including phenoxy) is 2. The topological polar surface area (TPSA) is 89.0 Å². The highest BCUT2D eigenvalue weighted by atomic mass is 16.5. The number of Topliss-reactive ketones (excluding diaryl/α,β-unsaturated/α-hetero) is 1. The number of carbonyl (C=O) groups is 2. The molecule has 1 amide bonds. The molecule has 1 N–H and O–H groups in total. The van der Waals surface area contributed by atoms with Gasteiger partial charge in [0.25, 0.3) is 11.7 Å². The summed E-state index contributed by atoms with van der Waals surface area (Å²) in [5.41, 5.74) is 3.78. The number of pyridine rings is 1. The number of rotatable bonds is 9. The Morgan fingerprint density at radius 3 is 2.49 bits per heavy atom. The Hall–Kier alpha value is -4.13. The molecule has 0 aliphatic carbocycles. The largest absolute Gasteiger partial charge is 0.507 e. The Balaban J connectivity index is 1.86. The van der Waals surface area contributed by atoms with E-state index in [9.17, 15) is 14.7 Å².